The lowest BCUT2D eigenvalue weighted by Gasteiger charge is -2.18. The number of carbonyl (C=O) groups is 2. The van der Waals surface area contributed by atoms with Gasteiger partial charge < -0.3 is 29.6 Å². The lowest BCUT2D eigenvalue weighted by Crippen LogP contribution is -2.32. The molecule has 2 aromatic heterocycles. The molecule has 2 aliphatic rings. The zero-order valence-corrected chi connectivity index (χ0v) is 32.5. The second kappa shape index (κ2) is 19.2. The summed E-state index contributed by atoms with van der Waals surface area (Å²) >= 11 is 6.27. The maximum atomic E-state index is 14.9. The predicted molar refractivity (Wildman–Crippen MR) is 203 cm³/mol. The Labute approximate surface area is 332 Å². The quantitative estimate of drug-likeness (QED) is 0.0462. The minimum absolute atomic E-state index is 0.0271. The molecule has 0 spiro atoms. The van der Waals surface area contributed by atoms with E-state index in [9.17, 15) is 36.7 Å². The van der Waals surface area contributed by atoms with Crippen LogP contribution in [0, 0.1) is 23.3 Å². The molecule has 20 heteroatoms. The smallest absolute Gasteiger partial charge is 0.289 e. The van der Waals surface area contributed by atoms with E-state index in [1.54, 1.807) is 6.07 Å². The van der Waals surface area contributed by atoms with Gasteiger partial charge in [-0.25, -0.2) is 19.7 Å². The molecule has 4 heterocycles. The number of hydrogen-bond donors (Lipinski definition) is 5. The number of hydroxylamine groups is 2. The average Bonchev–Trinajstić information content (AvgIpc) is 3.86. The number of nitrogens with one attached hydrogen (secondary N) is 4. The molecule has 0 atom stereocenters. The van der Waals surface area contributed by atoms with Crippen molar-refractivity contribution in [3.8, 4) is 0 Å². The van der Waals surface area contributed by atoms with Gasteiger partial charge in [0.25, 0.3) is 22.9 Å². The molecule has 298 valence electrons. The molecule has 0 saturated carbocycles. The van der Waals surface area contributed by atoms with E-state index in [1.165, 1.54) is 45.7 Å². The third-order valence-corrected chi connectivity index (χ3v) is 9.39. The number of benzene rings is 2. The number of amides is 2. The zero-order valence-electron chi connectivity index (χ0n) is 29.3. The molecule has 0 fully saturated rings. The molecule has 2 amide bonds. The molecule has 0 aliphatic carbocycles. The summed E-state index contributed by atoms with van der Waals surface area (Å²) in [5.41, 5.74) is 2.04. The van der Waals surface area contributed by atoms with Crippen LogP contribution in [0.3, 0.4) is 0 Å². The maximum Gasteiger partial charge on any atom is 0.289 e. The van der Waals surface area contributed by atoms with Crippen molar-refractivity contribution in [3.63, 3.8) is 0 Å². The SMILES string of the molecule is C=COCCONC(=O)c1c(Nc2ccc(Br)cc2F)c(F)c(=O)n2c1CCC2.O=C(NOCCO)c1c(Nc2ccc(Br)cc2F)c(F)c(=O)n2c1CCC2. The molecular formula is C36H34Br2F4N6O8. The van der Waals surface area contributed by atoms with Crippen molar-refractivity contribution in [2.45, 2.75) is 38.8 Å². The lowest BCUT2D eigenvalue weighted by atomic mass is 10.1. The summed E-state index contributed by atoms with van der Waals surface area (Å²) in [6.07, 6.45) is 3.17. The van der Waals surface area contributed by atoms with Gasteiger partial charge >= 0.3 is 0 Å². The van der Waals surface area contributed by atoms with Gasteiger partial charge in [0, 0.05) is 33.4 Å². The molecule has 0 radical (unpaired) electrons. The molecular weight excluding hydrogens is 880 g/mol. The highest BCUT2D eigenvalue weighted by Gasteiger charge is 2.31. The Morgan fingerprint density at radius 2 is 1.20 bits per heavy atom. The van der Waals surface area contributed by atoms with E-state index in [2.05, 4.69) is 60.0 Å². The van der Waals surface area contributed by atoms with E-state index in [0.717, 1.165) is 0 Å². The summed E-state index contributed by atoms with van der Waals surface area (Å²) in [5.74, 6) is -5.27. The Bertz CT molecular complexity index is 2270. The third kappa shape index (κ3) is 9.49. The van der Waals surface area contributed by atoms with Crippen molar-refractivity contribution < 1.29 is 46.7 Å². The molecule has 0 unspecified atom stereocenters. The number of pyridine rings is 2. The normalized spacial score (nSPS) is 12.6. The highest BCUT2D eigenvalue weighted by atomic mass is 79.9. The number of aliphatic hydroxyl groups is 1. The molecule has 56 heavy (non-hydrogen) atoms. The van der Waals surface area contributed by atoms with E-state index in [-0.39, 0.29) is 55.5 Å². The number of halogens is 6. The highest BCUT2D eigenvalue weighted by molar-refractivity contribution is 9.10. The largest absolute Gasteiger partial charge is 0.499 e. The van der Waals surface area contributed by atoms with Gasteiger partial charge in [-0.05, 0) is 62.1 Å². The van der Waals surface area contributed by atoms with E-state index < -0.39 is 57.6 Å². The first-order chi connectivity index (χ1) is 26.9. The van der Waals surface area contributed by atoms with Crippen LogP contribution in [0.15, 0.2) is 67.8 Å². The number of ether oxygens (including phenoxy) is 1. The fourth-order valence-corrected chi connectivity index (χ4v) is 6.67. The monoisotopic (exact) mass is 912 g/mol. The minimum Gasteiger partial charge on any atom is -0.499 e. The second-order valence-electron chi connectivity index (χ2n) is 12.0. The van der Waals surface area contributed by atoms with Crippen molar-refractivity contribution >= 4 is 66.4 Å². The Balaban J connectivity index is 0.000000215. The van der Waals surface area contributed by atoms with Gasteiger partial charge in [-0.15, -0.1) is 0 Å². The topological polar surface area (TPSA) is 174 Å². The molecule has 0 saturated heterocycles. The van der Waals surface area contributed by atoms with Gasteiger partial charge in [0.15, 0.2) is 0 Å². The van der Waals surface area contributed by atoms with Gasteiger partial charge in [-0.2, -0.15) is 8.78 Å². The summed E-state index contributed by atoms with van der Waals surface area (Å²) < 4.78 is 66.3. The van der Waals surface area contributed by atoms with Crippen LogP contribution in [0.2, 0.25) is 0 Å². The Morgan fingerprint density at radius 1 is 0.750 bits per heavy atom. The third-order valence-electron chi connectivity index (χ3n) is 8.40. The summed E-state index contributed by atoms with van der Waals surface area (Å²) in [4.78, 5) is 59.8. The molecule has 5 N–H and O–H groups in total. The molecule has 2 aromatic carbocycles. The van der Waals surface area contributed by atoms with Gasteiger partial charge in [-0.1, -0.05) is 38.4 Å². The zero-order chi connectivity index (χ0) is 40.5. The number of aromatic nitrogens is 2. The van der Waals surface area contributed by atoms with Gasteiger partial charge in [0.2, 0.25) is 11.6 Å². The van der Waals surface area contributed by atoms with Crippen LogP contribution in [-0.4, -0.2) is 52.5 Å². The second-order valence-corrected chi connectivity index (χ2v) is 13.8. The van der Waals surface area contributed by atoms with Crippen LogP contribution < -0.4 is 32.7 Å². The number of rotatable bonds is 14. The van der Waals surface area contributed by atoms with Crippen LogP contribution in [0.5, 0.6) is 0 Å². The maximum absolute atomic E-state index is 14.9. The van der Waals surface area contributed by atoms with Gasteiger partial charge in [-0.3, -0.25) is 28.9 Å². The number of hydrogen-bond acceptors (Lipinski definition) is 10. The Kier molecular flexibility index (Phi) is 14.5. The first kappa shape index (κ1) is 42.1. The van der Waals surface area contributed by atoms with E-state index >= 15 is 0 Å². The molecule has 6 rings (SSSR count). The Morgan fingerprint density at radius 3 is 1.61 bits per heavy atom. The van der Waals surface area contributed by atoms with Crippen molar-refractivity contribution in [1.29, 1.82) is 0 Å². The van der Waals surface area contributed by atoms with E-state index in [4.69, 9.17) is 19.5 Å². The van der Waals surface area contributed by atoms with Crippen LogP contribution in [0.1, 0.15) is 44.9 Å². The van der Waals surface area contributed by atoms with Gasteiger partial charge in [0.1, 0.15) is 24.8 Å². The van der Waals surface area contributed by atoms with Crippen molar-refractivity contribution in [2.75, 3.05) is 37.1 Å². The fourth-order valence-electron chi connectivity index (χ4n) is 6.01. The standard InChI is InChI=1S/C19H18BrF2N3O4.C17H16BrF2N3O4/c1-2-28-8-9-29-24-18(26)15-14-4-3-7-25(14)19(27)16(22)17(15)23-13-6-5-11(20)10-12(13)21;18-9-3-4-11(10(19)8-9)21-15-13(16(25)22-27-7-6-24)12-2-1-5-23(12)17(26)14(15)20/h2,5-6,10,23H,1,3-4,7-9H2,(H,24,26);3-4,8,21,24H,1-2,5-7H2,(H,22,25). The van der Waals surface area contributed by atoms with Crippen LogP contribution >= 0.6 is 31.9 Å². The van der Waals surface area contributed by atoms with Crippen molar-refractivity contribution in [3.05, 3.63) is 125 Å². The van der Waals surface area contributed by atoms with Crippen LogP contribution in [0.25, 0.3) is 0 Å². The van der Waals surface area contributed by atoms with Crippen molar-refractivity contribution in [2.24, 2.45) is 0 Å². The summed E-state index contributed by atoms with van der Waals surface area (Å²) in [7, 11) is 0. The number of anilines is 4. The average molecular weight is 915 g/mol. The minimum atomic E-state index is -1.18. The first-order valence-electron chi connectivity index (χ1n) is 16.9. The number of aliphatic hydroxyl groups excluding tert-OH is 1. The van der Waals surface area contributed by atoms with E-state index in [1.807, 2.05) is 0 Å². The lowest BCUT2D eigenvalue weighted by molar-refractivity contribution is 0.0144. The molecule has 2 aliphatic heterocycles. The van der Waals surface area contributed by atoms with Crippen LogP contribution in [-0.2, 0) is 40.3 Å². The summed E-state index contributed by atoms with van der Waals surface area (Å²) in [6, 6.07) is 8.16. The molecule has 14 nitrogen and oxygen atoms in total. The predicted octanol–water partition coefficient (Wildman–Crippen LogP) is 5.63. The number of carbonyl (C=O) groups excluding carboxylic acids is 2. The summed E-state index contributed by atoms with van der Waals surface area (Å²) in [6.45, 7) is 3.66. The Hall–Kier alpha value is -5.02. The number of fused-ring (bicyclic) bond motifs is 2. The summed E-state index contributed by atoms with van der Waals surface area (Å²) in [5, 5.41) is 13.8. The highest BCUT2D eigenvalue weighted by Crippen LogP contribution is 2.32. The van der Waals surface area contributed by atoms with Crippen LogP contribution in [0.4, 0.5) is 40.3 Å². The molecule has 0 bridgehead atoms. The molecule has 4 aromatic rings. The number of nitrogens with zero attached hydrogens (tertiary/aromatic N) is 2. The fraction of sp³-hybridized carbons (Fsp3) is 0.278. The van der Waals surface area contributed by atoms with Gasteiger partial charge in [0.05, 0.1) is 53.4 Å². The van der Waals surface area contributed by atoms with Crippen molar-refractivity contribution in [1.82, 2.24) is 20.1 Å². The first-order valence-corrected chi connectivity index (χ1v) is 18.5. The van der Waals surface area contributed by atoms with E-state index in [0.29, 0.717) is 52.6 Å².